The van der Waals surface area contributed by atoms with Crippen LogP contribution in [0.4, 0.5) is 11.4 Å². The van der Waals surface area contributed by atoms with E-state index in [1.807, 2.05) is 32.0 Å². The van der Waals surface area contributed by atoms with E-state index in [0.29, 0.717) is 22.4 Å². The molecule has 2 aromatic heterocycles. The van der Waals surface area contributed by atoms with Gasteiger partial charge in [0, 0.05) is 0 Å². The van der Waals surface area contributed by atoms with Gasteiger partial charge in [-0.1, -0.05) is 18.2 Å². The van der Waals surface area contributed by atoms with Gasteiger partial charge < -0.3 is 10.1 Å². The Kier molecular flexibility index (Phi) is 4.78. The first-order valence-electron chi connectivity index (χ1n) is 10.1. The Morgan fingerprint density at radius 2 is 1.91 bits per heavy atom. The second kappa shape index (κ2) is 7.77. The normalized spacial score (nSPS) is 13.1. The van der Waals surface area contributed by atoms with Crippen molar-refractivity contribution in [1.29, 1.82) is 0 Å². The zero-order chi connectivity index (χ0) is 22.2. The van der Waals surface area contributed by atoms with Gasteiger partial charge in [-0.05, 0) is 49.2 Å². The van der Waals surface area contributed by atoms with Crippen LogP contribution in [0.2, 0.25) is 0 Å². The third-order valence-electron chi connectivity index (χ3n) is 5.18. The van der Waals surface area contributed by atoms with Crippen LogP contribution in [0.15, 0.2) is 55.0 Å². The molecule has 2 aromatic carbocycles. The van der Waals surface area contributed by atoms with Crippen molar-refractivity contribution in [2.45, 2.75) is 13.8 Å². The van der Waals surface area contributed by atoms with Crippen molar-refractivity contribution in [3.8, 4) is 11.6 Å². The maximum absolute atomic E-state index is 12.9. The van der Waals surface area contributed by atoms with Crippen molar-refractivity contribution in [3.05, 3.63) is 66.1 Å². The summed E-state index contributed by atoms with van der Waals surface area (Å²) < 4.78 is 7.47. The number of amides is 2. The van der Waals surface area contributed by atoms with Crippen LogP contribution in [0.1, 0.15) is 11.1 Å². The molecule has 9 nitrogen and oxygen atoms in total. The smallest absolute Gasteiger partial charge is 0.265 e. The van der Waals surface area contributed by atoms with Crippen LogP contribution in [-0.2, 0) is 9.59 Å². The topological polar surface area (TPSA) is 102 Å². The molecule has 4 aromatic rings. The maximum atomic E-state index is 12.9. The van der Waals surface area contributed by atoms with E-state index in [2.05, 4.69) is 26.4 Å². The van der Waals surface area contributed by atoms with Crippen LogP contribution in [0.3, 0.4) is 0 Å². The van der Waals surface area contributed by atoms with Gasteiger partial charge in [0.15, 0.2) is 12.3 Å². The second-order valence-electron chi connectivity index (χ2n) is 7.65. The lowest BCUT2D eigenvalue weighted by Gasteiger charge is -2.28. The predicted molar refractivity (Wildman–Crippen MR) is 119 cm³/mol. The van der Waals surface area contributed by atoms with Crippen molar-refractivity contribution in [2.24, 2.45) is 0 Å². The Morgan fingerprint density at radius 3 is 2.72 bits per heavy atom. The second-order valence-corrected chi connectivity index (χ2v) is 7.65. The Hall–Kier alpha value is -4.27. The van der Waals surface area contributed by atoms with E-state index in [1.54, 1.807) is 29.1 Å². The van der Waals surface area contributed by atoms with E-state index >= 15 is 0 Å². The van der Waals surface area contributed by atoms with Gasteiger partial charge in [0.25, 0.3) is 5.91 Å². The van der Waals surface area contributed by atoms with E-state index in [4.69, 9.17) is 4.74 Å². The number of para-hydroxylation sites is 2. The highest BCUT2D eigenvalue weighted by atomic mass is 16.5. The molecule has 160 valence electrons. The molecule has 0 unspecified atom stereocenters. The standard InChI is InChI=1S/C23H20N6O3/c1-14-7-15(2)9-16(8-14)29-22-17(10-26-29)23(25-13-24-22)32-12-21(31)28-11-20(30)27-18-5-3-4-6-19(18)28/h3-10,13H,11-12H2,1-2H3,(H,27,30). The number of carbonyl (C=O) groups excluding carboxylic acids is 2. The number of rotatable bonds is 4. The number of aromatic nitrogens is 4. The van der Waals surface area contributed by atoms with Crippen LogP contribution in [0.5, 0.6) is 5.88 Å². The molecular weight excluding hydrogens is 408 g/mol. The van der Waals surface area contributed by atoms with Gasteiger partial charge in [-0.3, -0.25) is 14.5 Å². The number of nitrogens with one attached hydrogen (secondary N) is 1. The fourth-order valence-electron chi connectivity index (χ4n) is 3.86. The number of carbonyl (C=O) groups is 2. The molecule has 0 spiro atoms. The molecular formula is C23H20N6O3. The summed E-state index contributed by atoms with van der Waals surface area (Å²) in [6.45, 7) is 3.71. The number of anilines is 2. The van der Waals surface area contributed by atoms with Gasteiger partial charge in [-0.25, -0.2) is 14.6 Å². The molecule has 0 saturated carbocycles. The average molecular weight is 428 g/mol. The lowest BCUT2D eigenvalue weighted by atomic mass is 10.1. The minimum Gasteiger partial charge on any atom is -0.467 e. The van der Waals surface area contributed by atoms with Gasteiger partial charge in [0.2, 0.25) is 11.8 Å². The summed E-state index contributed by atoms with van der Waals surface area (Å²) in [6, 6.07) is 13.3. The SMILES string of the molecule is Cc1cc(C)cc(-n2ncc3c(OCC(=O)N4CC(=O)Nc5ccccc54)ncnc32)c1. The van der Waals surface area contributed by atoms with Crippen LogP contribution in [-0.4, -0.2) is 44.7 Å². The Morgan fingerprint density at radius 1 is 1.12 bits per heavy atom. The van der Waals surface area contributed by atoms with Crippen LogP contribution >= 0.6 is 0 Å². The van der Waals surface area contributed by atoms with E-state index in [9.17, 15) is 9.59 Å². The molecule has 5 rings (SSSR count). The zero-order valence-electron chi connectivity index (χ0n) is 17.6. The maximum Gasteiger partial charge on any atom is 0.265 e. The molecule has 1 N–H and O–H groups in total. The van der Waals surface area contributed by atoms with Crippen LogP contribution < -0.4 is 15.0 Å². The summed E-state index contributed by atoms with van der Waals surface area (Å²) >= 11 is 0. The molecule has 2 amide bonds. The summed E-state index contributed by atoms with van der Waals surface area (Å²) in [5, 5.41) is 7.81. The number of nitrogens with zero attached hydrogens (tertiary/aromatic N) is 5. The molecule has 0 bridgehead atoms. The molecule has 1 aliphatic rings. The van der Waals surface area contributed by atoms with Crippen molar-refractivity contribution in [3.63, 3.8) is 0 Å². The molecule has 0 radical (unpaired) electrons. The quantitative estimate of drug-likeness (QED) is 0.536. The largest absolute Gasteiger partial charge is 0.467 e. The van der Waals surface area contributed by atoms with Gasteiger partial charge in [-0.2, -0.15) is 5.10 Å². The lowest BCUT2D eigenvalue weighted by Crippen LogP contribution is -2.44. The fraction of sp³-hybridized carbons (Fsp3) is 0.174. The van der Waals surface area contributed by atoms with Crippen molar-refractivity contribution < 1.29 is 14.3 Å². The van der Waals surface area contributed by atoms with Gasteiger partial charge >= 0.3 is 0 Å². The van der Waals surface area contributed by atoms with Crippen LogP contribution in [0, 0.1) is 13.8 Å². The summed E-state index contributed by atoms with van der Waals surface area (Å²) in [4.78, 5) is 34.8. The van der Waals surface area contributed by atoms with Crippen molar-refractivity contribution in [1.82, 2.24) is 19.7 Å². The molecule has 32 heavy (non-hydrogen) atoms. The fourth-order valence-corrected chi connectivity index (χ4v) is 3.86. The Bertz CT molecular complexity index is 1340. The molecule has 0 fully saturated rings. The van der Waals surface area contributed by atoms with E-state index in [1.165, 1.54) is 11.2 Å². The predicted octanol–water partition coefficient (Wildman–Crippen LogP) is 2.80. The number of hydrogen-bond acceptors (Lipinski definition) is 6. The van der Waals surface area contributed by atoms with Crippen molar-refractivity contribution in [2.75, 3.05) is 23.4 Å². The highest BCUT2D eigenvalue weighted by Crippen LogP contribution is 2.29. The number of aryl methyl sites for hydroxylation is 2. The number of hydrogen-bond donors (Lipinski definition) is 1. The molecule has 9 heteroatoms. The summed E-state index contributed by atoms with van der Waals surface area (Å²) in [6.07, 6.45) is 3.00. The van der Waals surface area contributed by atoms with Gasteiger partial charge in [0.05, 0.1) is 23.3 Å². The third-order valence-corrected chi connectivity index (χ3v) is 5.18. The summed E-state index contributed by atoms with van der Waals surface area (Å²) in [5.41, 5.74) is 4.92. The number of fused-ring (bicyclic) bond motifs is 2. The first-order valence-corrected chi connectivity index (χ1v) is 10.1. The van der Waals surface area contributed by atoms with E-state index < -0.39 is 0 Å². The number of benzene rings is 2. The third kappa shape index (κ3) is 3.53. The monoisotopic (exact) mass is 428 g/mol. The van der Waals surface area contributed by atoms with Crippen LogP contribution in [0.25, 0.3) is 16.7 Å². The number of ether oxygens (including phenoxy) is 1. The zero-order valence-corrected chi connectivity index (χ0v) is 17.6. The highest BCUT2D eigenvalue weighted by Gasteiger charge is 2.27. The lowest BCUT2D eigenvalue weighted by molar-refractivity contribution is -0.123. The van der Waals surface area contributed by atoms with Gasteiger partial charge in [-0.15, -0.1) is 0 Å². The molecule has 0 saturated heterocycles. The van der Waals surface area contributed by atoms with Crippen molar-refractivity contribution >= 4 is 34.2 Å². The average Bonchev–Trinajstić information content (AvgIpc) is 3.21. The first-order chi connectivity index (χ1) is 15.5. The highest BCUT2D eigenvalue weighted by molar-refractivity contribution is 6.10. The Balaban J connectivity index is 1.40. The molecule has 0 atom stereocenters. The molecule has 3 heterocycles. The summed E-state index contributed by atoms with van der Waals surface area (Å²) in [7, 11) is 0. The van der Waals surface area contributed by atoms with Gasteiger partial charge in [0.1, 0.15) is 18.3 Å². The van der Waals surface area contributed by atoms with E-state index in [-0.39, 0.29) is 30.8 Å². The Labute approximate surface area is 183 Å². The minimum absolute atomic E-state index is 0.0664. The van der Waals surface area contributed by atoms with E-state index in [0.717, 1.165) is 16.8 Å². The summed E-state index contributed by atoms with van der Waals surface area (Å²) in [5.74, 6) is -0.342. The first kappa shape index (κ1) is 19.7. The molecule has 1 aliphatic heterocycles. The molecule has 0 aliphatic carbocycles. The minimum atomic E-state index is -0.347.